The molecule has 0 saturated carbocycles. The van der Waals surface area contributed by atoms with Gasteiger partial charge in [-0.25, -0.2) is 0 Å². The van der Waals surface area contributed by atoms with Gasteiger partial charge in [-0.2, -0.15) is 0 Å². The molecule has 0 saturated heterocycles. The van der Waals surface area contributed by atoms with Gasteiger partial charge < -0.3 is 10.1 Å². The number of para-hydroxylation sites is 3. The van der Waals surface area contributed by atoms with Crippen molar-refractivity contribution in [2.45, 2.75) is 18.5 Å². The number of thioether (sulfide) groups is 1. The molecule has 7 heteroatoms. The molecule has 2 aromatic carbocycles. The SMILES string of the molecule is COc1ccccc1NC(=O)CCSc1nnc2cc(C)c3ccccc3n12. The number of fused-ring (bicyclic) bond motifs is 3. The zero-order valence-corrected chi connectivity index (χ0v) is 16.5. The predicted molar refractivity (Wildman–Crippen MR) is 112 cm³/mol. The number of hydrogen-bond acceptors (Lipinski definition) is 5. The summed E-state index contributed by atoms with van der Waals surface area (Å²) in [5, 5.41) is 13.5. The maximum atomic E-state index is 12.3. The van der Waals surface area contributed by atoms with Crippen molar-refractivity contribution in [2.75, 3.05) is 18.2 Å². The smallest absolute Gasteiger partial charge is 0.225 e. The number of anilines is 1. The molecule has 6 nitrogen and oxygen atoms in total. The first-order valence-corrected chi connectivity index (χ1v) is 9.95. The first-order chi connectivity index (χ1) is 13.7. The molecule has 142 valence electrons. The topological polar surface area (TPSA) is 68.5 Å². The van der Waals surface area contributed by atoms with E-state index in [2.05, 4.69) is 34.6 Å². The van der Waals surface area contributed by atoms with E-state index in [0.29, 0.717) is 23.6 Å². The standard InChI is InChI=1S/C21H20N4O2S/c1-14-13-19-23-24-21(25(19)17-9-5-3-7-15(14)17)28-12-11-20(26)22-16-8-4-6-10-18(16)27-2/h3-10,13H,11-12H2,1-2H3,(H,22,26). The Hall–Kier alpha value is -3.06. The molecule has 0 aliphatic carbocycles. The van der Waals surface area contributed by atoms with Gasteiger partial charge in [0.1, 0.15) is 5.75 Å². The summed E-state index contributed by atoms with van der Waals surface area (Å²) in [6.07, 6.45) is 0.363. The highest BCUT2D eigenvalue weighted by atomic mass is 32.2. The molecule has 28 heavy (non-hydrogen) atoms. The van der Waals surface area contributed by atoms with E-state index in [0.717, 1.165) is 16.3 Å². The lowest BCUT2D eigenvalue weighted by atomic mass is 10.1. The van der Waals surface area contributed by atoms with Gasteiger partial charge in [-0.3, -0.25) is 9.20 Å². The second-order valence-corrected chi connectivity index (χ2v) is 7.43. The molecule has 0 unspecified atom stereocenters. The molecule has 0 radical (unpaired) electrons. The van der Waals surface area contributed by atoms with Crippen LogP contribution >= 0.6 is 11.8 Å². The normalized spacial score (nSPS) is 11.1. The summed E-state index contributed by atoms with van der Waals surface area (Å²) < 4.78 is 7.31. The number of nitrogens with zero attached hydrogens (tertiary/aromatic N) is 3. The molecule has 0 aliphatic rings. The summed E-state index contributed by atoms with van der Waals surface area (Å²) in [7, 11) is 1.59. The third-order valence-corrected chi connectivity index (χ3v) is 5.45. The van der Waals surface area contributed by atoms with Crippen LogP contribution in [0, 0.1) is 6.92 Å². The van der Waals surface area contributed by atoms with Gasteiger partial charge in [0, 0.05) is 17.6 Å². The second-order valence-electron chi connectivity index (χ2n) is 6.37. The molecule has 1 N–H and O–H groups in total. The van der Waals surface area contributed by atoms with Gasteiger partial charge in [0.25, 0.3) is 0 Å². The van der Waals surface area contributed by atoms with E-state index >= 15 is 0 Å². The number of pyridine rings is 1. The van der Waals surface area contributed by atoms with Crippen LogP contribution < -0.4 is 10.1 Å². The Labute approximate surface area is 166 Å². The van der Waals surface area contributed by atoms with Crippen LogP contribution in [-0.2, 0) is 4.79 Å². The van der Waals surface area contributed by atoms with Crippen LogP contribution in [0.4, 0.5) is 5.69 Å². The van der Waals surface area contributed by atoms with Crippen LogP contribution in [0.1, 0.15) is 12.0 Å². The van der Waals surface area contributed by atoms with Crippen molar-refractivity contribution in [3.63, 3.8) is 0 Å². The van der Waals surface area contributed by atoms with Crippen molar-refractivity contribution in [1.29, 1.82) is 0 Å². The second kappa shape index (κ2) is 7.90. The minimum absolute atomic E-state index is 0.0634. The number of methoxy groups -OCH3 is 1. The number of rotatable bonds is 6. The Morgan fingerprint density at radius 1 is 1.14 bits per heavy atom. The van der Waals surface area contributed by atoms with E-state index in [-0.39, 0.29) is 5.91 Å². The molecule has 4 rings (SSSR count). The number of aryl methyl sites for hydroxylation is 1. The average molecular weight is 392 g/mol. The van der Waals surface area contributed by atoms with Crippen molar-refractivity contribution in [2.24, 2.45) is 0 Å². The summed E-state index contributed by atoms with van der Waals surface area (Å²) in [5.74, 6) is 1.18. The molecular formula is C21H20N4O2S. The van der Waals surface area contributed by atoms with Crippen molar-refractivity contribution in [1.82, 2.24) is 14.6 Å². The van der Waals surface area contributed by atoms with Crippen LogP contribution in [0.3, 0.4) is 0 Å². The number of carbonyl (C=O) groups is 1. The molecule has 1 amide bonds. The van der Waals surface area contributed by atoms with Crippen LogP contribution in [-0.4, -0.2) is 33.4 Å². The zero-order valence-electron chi connectivity index (χ0n) is 15.7. The lowest BCUT2D eigenvalue weighted by Gasteiger charge is -2.09. The number of aromatic nitrogens is 3. The van der Waals surface area contributed by atoms with Crippen LogP contribution in [0.2, 0.25) is 0 Å². The minimum Gasteiger partial charge on any atom is -0.495 e. The van der Waals surface area contributed by atoms with Gasteiger partial charge in [0.15, 0.2) is 10.8 Å². The molecule has 0 bridgehead atoms. The number of nitrogens with one attached hydrogen (secondary N) is 1. The van der Waals surface area contributed by atoms with Gasteiger partial charge in [-0.15, -0.1) is 10.2 Å². The van der Waals surface area contributed by atoms with E-state index in [1.807, 2.05) is 46.9 Å². The van der Waals surface area contributed by atoms with Gasteiger partial charge in [-0.1, -0.05) is 42.1 Å². The highest BCUT2D eigenvalue weighted by Gasteiger charge is 2.12. The fraction of sp³-hybridized carbons (Fsp3) is 0.190. The van der Waals surface area contributed by atoms with E-state index in [1.165, 1.54) is 22.7 Å². The number of benzene rings is 2. The highest BCUT2D eigenvalue weighted by Crippen LogP contribution is 2.27. The lowest BCUT2D eigenvalue weighted by Crippen LogP contribution is -2.13. The predicted octanol–water partition coefficient (Wildman–Crippen LogP) is 4.32. The summed E-state index contributed by atoms with van der Waals surface area (Å²) in [6, 6.07) is 17.6. The maximum absolute atomic E-state index is 12.3. The van der Waals surface area contributed by atoms with E-state index < -0.39 is 0 Å². The summed E-state index contributed by atoms with van der Waals surface area (Å²) in [5.41, 5.74) is 3.73. The third kappa shape index (κ3) is 3.53. The largest absolute Gasteiger partial charge is 0.495 e. The van der Waals surface area contributed by atoms with Crippen molar-refractivity contribution in [3.8, 4) is 5.75 Å². The van der Waals surface area contributed by atoms with Crippen LogP contribution in [0.25, 0.3) is 16.6 Å². The Balaban J connectivity index is 1.48. The van der Waals surface area contributed by atoms with Gasteiger partial charge in [0.05, 0.1) is 18.3 Å². The number of hydrogen-bond donors (Lipinski definition) is 1. The monoisotopic (exact) mass is 392 g/mol. The minimum atomic E-state index is -0.0634. The van der Waals surface area contributed by atoms with E-state index in [1.54, 1.807) is 7.11 Å². The summed E-state index contributed by atoms with van der Waals surface area (Å²) in [6.45, 7) is 2.08. The van der Waals surface area contributed by atoms with Gasteiger partial charge in [0.2, 0.25) is 5.91 Å². The average Bonchev–Trinajstić information content (AvgIpc) is 3.11. The first kappa shape index (κ1) is 18.3. The van der Waals surface area contributed by atoms with E-state index in [4.69, 9.17) is 4.74 Å². The quantitative estimate of drug-likeness (QED) is 0.495. The molecule has 2 aromatic heterocycles. The number of ether oxygens (including phenoxy) is 1. The molecule has 2 heterocycles. The lowest BCUT2D eigenvalue weighted by molar-refractivity contribution is -0.115. The fourth-order valence-corrected chi connectivity index (χ4v) is 4.05. The molecule has 0 spiro atoms. The van der Waals surface area contributed by atoms with E-state index in [9.17, 15) is 4.79 Å². The Kier molecular flexibility index (Phi) is 5.16. The summed E-state index contributed by atoms with van der Waals surface area (Å²) in [4.78, 5) is 12.3. The third-order valence-electron chi connectivity index (χ3n) is 4.52. The molecule has 0 atom stereocenters. The Bertz CT molecular complexity index is 1160. The Morgan fingerprint density at radius 2 is 1.93 bits per heavy atom. The molecule has 0 aliphatic heterocycles. The highest BCUT2D eigenvalue weighted by molar-refractivity contribution is 7.99. The van der Waals surface area contributed by atoms with Gasteiger partial charge >= 0.3 is 0 Å². The van der Waals surface area contributed by atoms with Crippen molar-refractivity contribution in [3.05, 3.63) is 60.2 Å². The molecule has 4 aromatic rings. The van der Waals surface area contributed by atoms with Crippen molar-refractivity contribution >= 4 is 39.9 Å². The fourth-order valence-electron chi connectivity index (χ4n) is 3.16. The molecule has 0 fully saturated rings. The van der Waals surface area contributed by atoms with Gasteiger partial charge in [-0.05, 0) is 36.8 Å². The van der Waals surface area contributed by atoms with Crippen LogP contribution in [0.5, 0.6) is 5.75 Å². The Morgan fingerprint density at radius 3 is 2.79 bits per heavy atom. The van der Waals surface area contributed by atoms with Crippen molar-refractivity contribution < 1.29 is 9.53 Å². The van der Waals surface area contributed by atoms with Crippen LogP contribution in [0.15, 0.2) is 59.8 Å². The first-order valence-electron chi connectivity index (χ1n) is 8.96. The summed E-state index contributed by atoms with van der Waals surface area (Å²) >= 11 is 1.52. The maximum Gasteiger partial charge on any atom is 0.225 e. The number of amides is 1. The zero-order chi connectivity index (χ0) is 19.5. The number of carbonyl (C=O) groups excluding carboxylic acids is 1. The molecular weight excluding hydrogens is 372 g/mol.